The summed E-state index contributed by atoms with van der Waals surface area (Å²) in [6.07, 6.45) is 1.93. The number of amides is 1. The van der Waals surface area contributed by atoms with E-state index in [1.165, 1.54) is 0 Å². The molecule has 1 rings (SSSR count). The molecule has 2 N–H and O–H groups in total. The zero-order valence-electron chi connectivity index (χ0n) is 10.1. The summed E-state index contributed by atoms with van der Waals surface area (Å²) in [6, 6.07) is 0.0895. The molecule has 0 saturated carbocycles. The summed E-state index contributed by atoms with van der Waals surface area (Å²) in [5, 5.41) is 0. The van der Waals surface area contributed by atoms with E-state index in [9.17, 15) is 4.79 Å². The van der Waals surface area contributed by atoms with Gasteiger partial charge in [-0.2, -0.15) is 0 Å². The largest absolute Gasteiger partial charge is 0.381 e. The van der Waals surface area contributed by atoms with Crippen molar-refractivity contribution in [3.63, 3.8) is 0 Å². The third-order valence-electron chi connectivity index (χ3n) is 3.02. The van der Waals surface area contributed by atoms with Crippen molar-refractivity contribution in [1.82, 2.24) is 4.90 Å². The van der Waals surface area contributed by atoms with Crippen LogP contribution in [0.2, 0.25) is 0 Å². The Morgan fingerprint density at radius 2 is 2.31 bits per heavy atom. The highest BCUT2D eigenvalue weighted by Gasteiger charge is 2.30. The fourth-order valence-corrected chi connectivity index (χ4v) is 2.05. The second kappa shape index (κ2) is 6.83. The standard InChI is InChI=1S/C11H22N2O3/c1-3-16-8-11(14)13-5-4-10(15-2)6-9(13)7-12/h9-10H,3-8,12H2,1-2H3. The molecule has 0 aromatic rings. The number of nitrogens with two attached hydrogens (primary N) is 1. The molecule has 0 spiro atoms. The van der Waals surface area contributed by atoms with Crippen LogP contribution in [0.3, 0.4) is 0 Å². The lowest BCUT2D eigenvalue weighted by molar-refractivity contribution is -0.141. The maximum absolute atomic E-state index is 11.8. The van der Waals surface area contributed by atoms with Crippen molar-refractivity contribution in [3.8, 4) is 0 Å². The predicted molar refractivity (Wildman–Crippen MR) is 61.1 cm³/mol. The van der Waals surface area contributed by atoms with Crippen molar-refractivity contribution in [3.05, 3.63) is 0 Å². The summed E-state index contributed by atoms with van der Waals surface area (Å²) < 4.78 is 10.4. The minimum Gasteiger partial charge on any atom is -0.381 e. The third kappa shape index (κ3) is 3.43. The Labute approximate surface area is 96.9 Å². The van der Waals surface area contributed by atoms with E-state index in [-0.39, 0.29) is 24.7 Å². The molecule has 5 heteroatoms. The quantitative estimate of drug-likeness (QED) is 0.721. The van der Waals surface area contributed by atoms with Crippen LogP contribution in [0.15, 0.2) is 0 Å². The summed E-state index contributed by atoms with van der Waals surface area (Å²) in [7, 11) is 1.70. The Morgan fingerprint density at radius 3 is 2.88 bits per heavy atom. The van der Waals surface area contributed by atoms with Crippen molar-refractivity contribution < 1.29 is 14.3 Å². The van der Waals surface area contributed by atoms with Crippen LogP contribution in [0.5, 0.6) is 0 Å². The van der Waals surface area contributed by atoms with E-state index in [1.807, 2.05) is 11.8 Å². The molecule has 0 aromatic heterocycles. The van der Waals surface area contributed by atoms with Gasteiger partial charge in [0.15, 0.2) is 0 Å². The van der Waals surface area contributed by atoms with Crippen LogP contribution in [-0.4, -0.2) is 56.4 Å². The van der Waals surface area contributed by atoms with Gasteiger partial charge in [0.25, 0.3) is 0 Å². The van der Waals surface area contributed by atoms with Gasteiger partial charge in [0.2, 0.25) is 5.91 Å². The van der Waals surface area contributed by atoms with Crippen LogP contribution in [0.4, 0.5) is 0 Å². The molecule has 1 aliphatic heterocycles. The van der Waals surface area contributed by atoms with Crippen molar-refractivity contribution >= 4 is 5.91 Å². The molecule has 0 radical (unpaired) electrons. The van der Waals surface area contributed by atoms with Crippen molar-refractivity contribution in [2.45, 2.75) is 31.9 Å². The first-order valence-electron chi connectivity index (χ1n) is 5.83. The van der Waals surface area contributed by atoms with Crippen LogP contribution < -0.4 is 5.73 Å². The van der Waals surface area contributed by atoms with Crippen LogP contribution in [0, 0.1) is 0 Å². The highest BCUT2D eigenvalue weighted by atomic mass is 16.5. The Morgan fingerprint density at radius 1 is 1.56 bits per heavy atom. The van der Waals surface area contributed by atoms with Gasteiger partial charge in [-0.3, -0.25) is 4.79 Å². The first-order valence-corrected chi connectivity index (χ1v) is 5.83. The van der Waals surface area contributed by atoms with Gasteiger partial charge in [-0.05, 0) is 19.8 Å². The van der Waals surface area contributed by atoms with E-state index in [4.69, 9.17) is 15.2 Å². The first kappa shape index (κ1) is 13.4. The van der Waals surface area contributed by atoms with Crippen LogP contribution >= 0.6 is 0 Å². The van der Waals surface area contributed by atoms with Crippen LogP contribution in [0.1, 0.15) is 19.8 Å². The first-order chi connectivity index (χ1) is 7.72. The molecule has 1 heterocycles. The van der Waals surface area contributed by atoms with E-state index in [2.05, 4.69) is 0 Å². The number of piperidine rings is 1. The van der Waals surface area contributed by atoms with Gasteiger partial charge in [-0.1, -0.05) is 0 Å². The highest BCUT2D eigenvalue weighted by Crippen LogP contribution is 2.19. The molecule has 16 heavy (non-hydrogen) atoms. The monoisotopic (exact) mass is 230 g/mol. The number of ether oxygens (including phenoxy) is 2. The Hall–Kier alpha value is -0.650. The maximum atomic E-state index is 11.8. The zero-order chi connectivity index (χ0) is 12.0. The minimum absolute atomic E-state index is 0.0341. The molecule has 94 valence electrons. The van der Waals surface area contributed by atoms with E-state index in [0.29, 0.717) is 19.7 Å². The van der Waals surface area contributed by atoms with Crippen molar-refractivity contribution in [2.75, 3.05) is 33.4 Å². The second-order valence-corrected chi connectivity index (χ2v) is 4.00. The predicted octanol–water partition coefficient (Wildman–Crippen LogP) is -0.0124. The molecule has 2 atom stereocenters. The number of carbonyl (C=O) groups excluding carboxylic acids is 1. The van der Waals surface area contributed by atoms with Gasteiger partial charge >= 0.3 is 0 Å². The number of rotatable bonds is 5. The lowest BCUT2D eigenvalue weighted by Gasteiger charge is -2.38. The second-order valence-electron chi connectivity index (χ2n) is 4.00. The zero-order valence-corrected chi connectivity index (χ0v) is 10.1. The fraction of sp³-hybridized carbons (Fsp3) is 0.909. The molecule has 1 amide bonds. The lowest BCUT2D eigenvalue weighted by Crippen LogP contribution is -2.52. The molecule has 2 unspecified atom stereocenters. The highest BCUT2D eigenvalue weighted by molar-refractivity contribution is 5.78. The van der Waals surface area contributed by atoms with Crippen LogP contribution in [0.25, 0.3) is 0 Å². The number of carbonyl (C=O) groups is 1. The number of hydrogen-bond acceptors (Lipinski definition) is 4. The molecule has 1 saturated heterocycles. The van der Waals surface area contributed by atoms with Gasteiger partial charge < -0.3 is 20.1 Å². The summed E-state index contributed by atoms with van der Waals surface area (Å²) in [4.78, 5) is 13.7. The molecule has 0 aromatic carbocycles. The lowest BCUT2D eigenvalue weighted by atomic mass is 9.99. The van der Waals surface area contributed by atoms with Gasteiger partial charge in [0.05, 0.1) is 6.10 Å². The van der Waals surface area contributed by atoms with E-state index >= 15 is 0 Å². The number of hydrogen-bond donors (Lipinski definition) is 1. The fourth-order valence-electron chi connectivity index (χ4n) is 2.05. The number of methoxy groups -OCH3 is 1. The molecule has 1 aliphatic rings. The van der Waals surface area contributed by atoms with E-state index < -0.39 is 0 Å². The van der Waals surface area contributed by atoms with Crippen molar-refractivity contribution in [1.29, 1.82) is 0 Å². The number of likely N-dealkylation sites (tertiary alicyclic amines) is 1. The van der Waals surface area contributed by atoms with Crippen LogP contribution in [-0.2, 0) is 14.3 Å². The average Bonchev–Trinajstić information content (AvgIpc) is 2.34. The normalized spacial score (nSPS) is 25.8. The molecule has 5 nitrogen and oxygen atoms in total. The molecule has 1 fully saturated rings. The van der Waals surface area contributed by atoms with E-state index in [0.717, 1.165) is 12.8 Å². The Bertz CT molecular complexity index is 223. The molecular weight excluding hydrogens is 208 g/mol. The maximum Gasteiger partial charge on any atom is 0.248 e. The summed E-state index contributed by atoms with van der Waals surface area (Å²) in [6.45, 7) is 3.80. The third-order valence-corrected chi connectivity index (χ3v) is 3.02. The summed E-state index contributed by atoms with van der Waals surface area (Å²) in [5.74, 6) is 0.0341. The smallest absolute Gasteiger partial charge is 0.248 e. The average molecular weight is 230 g/mol. The Kier molecular flexibility index (Phi) is 5.73. The van der Waals surface area contributed by atoms with Gasteiger partial charge in [0, 0.05) is 32.8 Å². The minimum atomic E-state index is 0.0341. The number of nitrogens with zero attached hydrogens (tertiary/aromatic N) is 1. The topological polar surface area (TPSA) is 64.8 Å². The van der Waals surface area contributed by atoms with Crippen molar-refractivity contribution in [2.24, 2.45) is 5.73 Å². The summed E-state index contributed by atoms with van der Waals surface area (Å²) >= 11 is 0. The van der Waals surface area contributed by atoms with Gasteiger partial charge in [-0.15, -0.1) is 0 Å². The molecule has 0 bridgehead atoms. The van der Waals surface area contributed by atoms with E-state index in [1.54, 1.807) is 7.11 Å². The van der Waals surface area contributed by atoms with Gasteiger partial charge in [-0.25, -0.2) is 0 Å². The molecule has 0 aliphatic carbocycles. The SMILES string of the molecule is CCOCC(=O)N1CCC(OC)CC1CN. The molecular formula is C11H22N2O3. The summed E-state index contributed by atoms with van der Waals surface area (Å²) in [5.41, 5.74) is 5.69. The Balaban J connectivity index is 2.49. The van der Waals surface area contributed by atoms with Gasteiger partial charge in [0.1, 0.15) is 6.61 Å².